The molecular formula is C15H16ClN3O4S. The van der Waals surface area contributed by atoms with Gasteiger partial charge in [0.25, 0.3) is 0 Å². The molecule has 0 aliphatic heterocycles. The van der Waals surface area contributed by atoms with Crippen LogP contribution in [0.1, 0.15) is 5.56 Å². The maximum atomic E-state index is 12.2. The topological polar surface area (TPSA) is 97.4 Å². The molecule has 0 fully saturated rings. The number of benzene rings is 1. The summed E-state index contributed by atoms with van der Waals surface area (Å²) in [5.74, 6) is -0.0827. The van der Waals surface area contributed by atoms with Gasteiger partial charge in [-0.1, -0.05) is 11.6 Å². The zero-order valence-electron chi connectivity index (χ0n) is 12.8. The van der Waals surface area contributed by atoms with Crippen LogP contribution in [-0.4, -0.2) is 33.0 Å². The first-order valence-corrected chi connectivity index (χ1v) is 8.77. The van der Waals surface area contributed by atoms with E-state index in [1.165, 1.54) is 25.3 Å². The summed E-state index contributed by atoms with van der Waals surface area (Å²) in [6, 6.07) is 7.56. The molecule has 0 bridgehead atoms. The number of carbonyl (C=O) groups is 1. The molecule has 128 valence electrons. The van der Waals surface area contributed by atoms with E-state index < -0.39 is 15.9 Å². The Morgan fingerprint density at radius 1 is 1.25 bits per heavy atom. The van der Waals surface area contributed by atoms with Crippen molar-refractivity contribution in [2.24, 2.45) is 0 Å². The van der Waals surface area contributed by atoms with Crippen LogP contribution in [0.2, 0.25) is 5.02 Å². The number of pyridine rings is 1. The molecule has 1 heterocycles. The third-order valence-corrected chi connectivity index (χ3v) is 4.79. The molecule has 1 aromatic carbocycles. The van der Waals surface area contributed by atoms with Crippen LogP contribution in [0.25, 0.3) is 0 Å². The average molecular weight is 370 g/mol. The van der Waals surface area contributed by atoms with Crippen LogP contribution in [0.5, 0.6) is 5.75 Å². The number of halogens is 1. The molecule has 24 heavy (non-hydrogen) atoms. The van der Waals surface area contributed by atoms with Crippen LogP contribution in [0, 0.1) is 0 Å². The fourth-order valence-corrected chi connectivity index (χ4v) is 3.15. The number of amides is 1. The molecule has 2 rings (SSSR count). The predicted octanol–water partition coefficient (Wildman–Crippen LogP) is 1.34. The van der Waals surface area contributed by atoms with Crippen molar-refractivity contribution in [3.05, 3.63) is 53.3 Å². The molecule has 1 aromatic heterocycles. The fourth-order valence-electron chi connectivity index (χ4n) is 1.82. The van der Waals surface area contributed by atoms with Gasteiger partial charge in [-0.3, -0.25) is 9.78 Å². The Hall–Kier alpha value is -2.16. The third-order valence-electron chi connectivity index (χ3n) is 3.10. The monoisotopic (exact) mass is 369 g/mol. The van der Waals surface area contributed by atoms with Crippen LogP contribution in [0.3, 0.4) is 0 Å². The van der Waals surface area contributed by atoms with Crippen LogP contribution in [0.4, 0.5) is 0 Å². The molecule has 9 heteroatoms. The number of hydrogen-bond donors (Lipinski definition) is 2. The summed E-state index contributed by atoms with van der Waals surface area (Å²) >= 11 is 5.91. The highest BCUT2D eigenvalue weighted by molar-refractivity contribution is 7.89. The SMILES string of the molecule is COc1ccc(S(=O)(=O)NCC(=O)NCc2ccncc2)cc1Cl. The summed E-state index contributed by atoms with van der Waals surface area (Å²) in [5.41, 5.74) is 0.864. The molecular weight excluding hydrogens is 354 g/mol. The number of rotatable bonds is 7. The van der Waals surface area contributed by atoms with Gasteiger partial charge in [0.2, 0.25) is 15.9 Å². The highest BCUT2D eigenvalue weighted by atomic mass is 35.5. The van der Waals surface area contributed by atoms with E-state index in [-0.39, 0.29) is 23.0 Å². The second kappa shape index (κ2) is 8.09. The fraction of sp³-hybridized carbons (Fsp3) is 0.200. The second-order valence-corrected chi connectivity index (χ2v) is 6.93. The number of ether oxygens (including phenoxy) is 1. The van der Waals surface area contributed by atoms with E-state index in [1.54, 1.807) is 24.5 Å². The zero-order chi connectivity index (χ0) is 17.6. The van der Waals surface area contributed by atoms with Crippen molar-refractivity contribution in [2.75, 3.05) is 13.7 Å². The van der Waals surface area contributed by atoms with Crippen molar-refractivity contribution in [1.29, 1.82) is 0 Å². The van der Waals surface area contributed by atoms with Crippen LogP contribution >= 0.6 is 11.6 Å². The predicted molar refractivity (Wildman–Crippen MR) is 89.3 cm³/mol. The summed E-state index contributed by atoms with van der Waals surface area (Å²) in [6.45, 7) is -0.0888. The van der Waals surface area contributed by atoms with Gasteiger partial charge in [-0.05, 0) is 35.9 Å². The minimum absolute atomic E-state index is 0.0461. The van der Waals surface area contributed by atoms with Gasteiger partial charge < -0.3 is 10.1 Å². The van der Waals surface area contributed by atoms with Gasteiger partial charge >= 0.3 is 0 Å². The quantitative estimate of drug-likeness (QED) is 0.767. The molecule has 7 nitrogen and oxygen atoms in total. The molecule has 0 saturated carbocycles. The van der Waals surface area contributed by atoms with Gasteiger partial charge in [0.15, 0.2) is 0 Å². The summed E-state index contributed by atoms with van der Waals surface area (Å²) in [7, 11) is -2.42. The molecule has 0 atom stereocenters. The Morgan fingerprint density at radius 3 is 2.58 bits per heavy atom. The van der Waals surface area contributed by atoms with Crippen molar-refractivity contribution in [1.82, 2.24) is 15.0 Å². The van der Waals surface area contributed by atoms with Gasteiger partial charge in [0, 0.05) is 18.9 Å². The third kappa shape index (κ3) is 4.92. The Bertz CT molecular complexity index is 813. The molecule has 0 saturated heterocycles. The number of sulfonamides is 1. The summed E-state index contributed by atoms with van der Waals surface area (Å²) in [6.07, 6.45) is 3.22. The zero-order valence-corrected chi connectivity index (χ0v) is 14.4. The first-order valence-electron chi connectivity index (χ1n) is 6.91. The van der Waals surface area contributed by atoms with Gasteiger partial charge in [-0.15, -0.1) is 0 Å². The number of nitrogens with one attached hydrogen (secondary N) is 2. The van der Waals surface area contributed by atoms with Crippen molar-refractivity contribution in [3.63, 3.8) is 0 Å². The van der Waals surface area contributed by atoms with E-state index in [9.17, 15) is 13.2 Å². The molecule has 0 radical (unpaired) electrons. The molecule has 0 aliphatic rings. The number of aromatic nitrogens is 1. The number of hydrogen-bond acceptors (Lipinski definition) is 5. The minimum Gasteiger partial charge on any atom is -0.495 e. The first-order chi connectivity index (χ1) is 11.4. The van der Waals surface area contributed by atoms with Gasteiger partial charge in [0.05, 0.1) is 23.6 Å². The second-order valence-electron chi connectivity index (χ2n) is 4.75. The molecule has 2 aromatic rings. The van der Waals surface area contributed by atoms with E-state index in [0.29, 0.717) is 5.75 Å². The lowest BCUT2D eigenvalue weighted by molar-refractivity contribution is -0.120. The van der Waals surface area contributed by atoms with Crippen molar-refractivity contribution >= 4 is 27.5 Å². The smallest absolute Gasteiger partial charge is 0.241 e. The van der Waals surface area contributed by atoms with Crippen molar-refractivity contribution in [3.8, 4) is 5.75 Å². The molecule has 1 amide bonds. The molecule has 0 aliphatic carbocycles. The largest absolute Gasteiger partial charge is 0.495 e. The van der Waals surface area contributed by atoms with E-state index in [1.807, 2.05) is 0 Å². The van der Waals surface area contributed by atoms with E-state index in [0.717, 1.165) is 5.56 Å². The maximum absolute atomic E-state index is 12.2. The lowest BCUT2D eigenvalue weighted by Crippen LogP contribution is -2.36. The lowest BCUT2D eigenvalue weighted by Gasteiger charge is -2.09. The van der Waals surface area contributed by atoms with Gasteiger partial charge in [-0.25, -0.2) is 13.1 Å². The summed E-state index contributed by atoms with van der Waals surface area (Å²) in [4.78, 5) is 15.6. The number of nitrogens with zero attached hydrogens (tertiary/aromatic N) is 1. The average Bonchev–Trinajstić information content (AvgIpc) is 2.59. The van der Waals surface area contributed by atoms with Gasteiger partial charge in [0.1, 0.15) is 5.75 Å². The molecule has 0 spiro atoms. The highest BCUT2D eigenvalue weighted by Gasteiger charge is 2.17. The van der Waals surface area contributed by atoms with E-state index >= 15 is 0 Å². The van der Waals surface area contributed by atoms with Crippen LogP contribution in [0.15, 0.2) is 47.6 Å². The van der Waals surface area contributed by atoms with Crippen LogP contribution in [-0.2, 0) is 21.4 Å². The Morgan fingerprint density at radius 2 is 1.96 bits per heavy atom. The highest BCUT2D eigenvalue weighted by Crippen LogP contribution is 2.26. The number of carbonyl (C=O) groups excluding carboxylic acids is 1. The number of methoxy groups -OCH3 is 1. The standard InChI is InChI=1S/C15H16ClN3O4S/c1-23-14-3-2-12(8-13(14)16)24(21,22)19-10-15(20)18-9-11-4-6-17-7-5-11/h2-8,19H,9-10H2,1H3,(H,18,20). The van der Waals surface area contributed by atoms with E-state index in [4.69, 9.17) is 16.3 Å². The van der Waals surface area contributed by atoms with Gasteiger partial charge in [-0.2, -0.15) is 0 Å². The molecule has 0 unspecified atom stereocenters. The summed E-state index contributed by atoms with van der Waals surface area (Å²) in [5, 5.41) is 2.78. The minimum atomic E-state index is -3.85. The molecule has 2 N–H and O–H groups in total. The van der Waals surface area contributed by atoms with Crippen molar-refractivity contribution < 1.29 is 17.9 Å². The van der Waals surface area contributed by atoms with Crippen molar-refractivity contribution in [2.45, 2.75) is 11.4 Å². The first kappa shape index (κ1) is 18.2. The normalized spacial score (nSPS) is 11.1. The van der Waals surface area contributed by atoms with Crippen LogP contribution < -0.4 is 14.8 Å². The Balaban J connectivity index is 1.92. The summed E-state index contributed by atoms with van der Waals surface area (Å²) < 4.78 is 31.5. The Kier molecular flexibility index (Phi) is 6.13. The van der Waals surface area contributed by atoms with E-state index in [2.05, 4.69) is 15.0 Å². The Labute approximate surface area is 145 Å². The maximum Gasteiger partial charge on any atom is 0.241 e. The lowest BCUT2D eigenvalue weighted by atomic mass is 10.3.